The van der Waals surface area contributed by atoms with E-state index in [0.717, 1.165) is 0 Å². The standard InChI is InChI=1S/C21H16FN3O3/c22-12-5-1-4-11(10-12)19-18-15(8-3-9-16(18)26)24-21(28)17-13(20(27)25(19)24)6-2-7-14(17)23/h1-2,4-7,10,19H,3,8-9,23H2. The number of halogens is 1. The molecule has 1 aliphatic heterocycles. The average molecular weight is 377 g/mol. The summed E-state index contributed by atoms with van der Waals surface area (Å²) >= 11 is 0. The summed E-state index contributed by atoms with van der Waals surface area (Å²) in [5.41, 5.74) is 6.70. The van der Waals surface area contributed by atoms with Crippen molar-refractivity contribution in [3.63, 3.8) is 0 Å². The Hall–Kier alpha value is -3.48. The lowest BCUT2D eigenvalue weighted by Gasteiger charge is -2.19. The largest absolute Gasteiger partial charge is 0.398 e. The van der Waals surface area contributed by atoms with Gasteiger partial charge >= 0.3 is 0 Å². The van der Waals surface area contributed by atoms with Crippen molar-refractivity contribution in [1.82, 2.24) is 9.36 Å². The number of nitrogens with two attached hydrogens (primary N) is 1. The molecule has 6 nitrogen and oxygen atoms in total. The maximum absolute atomic E-state index is 13.9. The summed E-state index contributed by atoms with van der Waals surface area (Å²) in [5, 5.41) is 0.337. The van der Waals surface area contributed by atoms with Crippen LogP contribution in [0.2, 0.25) is 0 Å². The zero-order valence-corrected chi connectivity index (χ0v) is 14.8. The molecule has 5 rings (SSSR count). The second kappa shape index (κ2) is 5.76. The van der Waals surface area contributed by atoms with Gasteiger partial charge in [-0.15, -0.1) is 0 Å². The fourth-order valence-corrected chi connectivity index (χ4v) is 4.37. The summed E-state index contributed by atoms with van der Waals surface area (Å²) in [4.78, 5) is 39.5. The first kappa shape index (κ1) is 16.7. The van der Waals surface area contributed by atoms with E-state index in [1.54, 1.807) is 24.3 Å². The predicted molar refractivity (Wildman–Crippen MR) is 103 cm³/mol. The van der Waals surface area contributed by atoms with Gasteiger partial charge in [0.05, 0.1) is 16.5 Å². The molecular formula is C21H16FN3O3. The molecule has 0 spiro atoms. The molecule has 0 saturated heterocycles. The minimum atomic E-state index is -0.829. The van der Waals surface area contributed by atoms with Gasteiger partial charge in [-0.25, -0.2) is 13.8 Å². The molecule has 140 valence electrons. The lowest BCUT2D eigenvalue weighted by Crippen LogP contribution is -2.37. The van der Waals surface area contributed by atoms with Gasteiger partial charge in [0.1, 0.15) is 11.9 Å². The van der Waals surface area contributed by atoms with Crippen LogP contribution < -0.4 is 16.9 Å². The summed E-state index contributed by atoms with van der Waals surface area (Å²) in [6, 6.07) is 9.69. The molecule has 7 heteroatoms. The molecular weight excluding hydrogens is 361 g/mol. The molecule has 0 radical (unpaired) electrons. The van der Waals surface area contributed by atoms with Crippen molar-refractivity contribution in [3.8, 4) is 0 Å². The third-order valence-electron chi connectivity index (χ3n) is 5.52. The molecule has 0 fully saturated rings. The Morgan fingerprint density at radius 2 is 1.79 bits per heavy atom. The van der Waals surface area contributed by atoms with Gasteiger partial charge in [-0.2, -0.15) is 0 Å². The van der Waals surface area contributed by atoms with Gasteiger partial charge in [0.15, 0.2) is 5.78 Å². The van der Waals surface area contributed by atoms with E-state index in [1.165, 1.54) is 27.6 Å². The lowest BCUT2D eigenvalue weighted by atomic mass is 9.88. The second-order valence-electron chi connectivity index (χ2n) is 7.13. The third-order valence-corrected chi connectivity index (χ3v) is 5.52. The quantitative estimate of drug-likeness (QED) is 0.660. The molecule has 2 aromatic carbocycles. The van der Waals surface area contributed by atoms with Crippen LogP contribution in [0.1, 0.15) is 30.9 Å². The van der Waals surface area contributed by atoms with Crippen molar-refractivity contribution >= 4 is 27.9 Å². The van der Waals surface area contributed by atoms with Crippen LogP contribution >= 0.6 is 0 Å². The predicted octanol–water partition coefficient (Wildman–Crippen LogP) is 2.45. The zero-order valence-electron chi connectivity index (χ0n) is 14.8. The van der Waals surface area contributed by atoms with Crippen LogP contribution in [0.25, 0.3) is 16.5 Å². The fraction of sp³-hybridized carbons (Fsp3) is 0.190. The Labute approximate surface area is 158 Å². The summed E-state index contributed by atoms with van der Waals surface area (Å²) in [5.74, 6) is -0.593. The van der Waals surface area contributed by atoms with E-state index in [1.807, 2.05) is 0 Å². The minimum absolute atomic E-state index is 0.123. The monoisotopic (exact) mass is 377 g/mol. The SMILES string of the molecule is Nc1cccc2c(=O)n3n(c(=O)c12)C1=C(C(=O)CCC1)C3c1cccc(F)c1. The highest BCUT2D eigenvalue weighted by atomic mass is 19.1. The molecule has 2 heterocycles. The number of anilines is 1. The van der Waals surface area contributed by atoms with E-state index in [4.69, 9.17) is 5.73 Å². The number of carbonyl (C=O) groups excluding carboxylic acids is 1. The number of nitrogen functional groups attached to an aromatic ring is 1. The molecule has 28 heavy (non-hydrogen) atoms. The van der Waals surface area contributed by atoms with Gasteiger partial charge in [0.25, 0.3) is 11.1 Å². The Bertz CT molecular complexity index is 1330. The van der Waals surface area contributed by atoms with Crippen LogP contribution in [-0.2, 0) is 4.79 Å². The van der Waals surface area contributed by atoms with Crippen molar-refractivity contribution in [3.05, 3.63) is 80.1 Å². The van der Waals surface area contributed by atoms with Crippen LogP contribution in [0, 0.1) is 5.82 Å². The number of benzene rings is 2. The molecule has 1 aromatic heterocycles. The zero-order chi connectivity index (χ0) is 19.6. The Kier molecular flexibility index (Phi) is 3.43. The number of rotatable bonds is 1. The van der Waals surface area contributed by atoms with E-state index in [9.17, 15) is 18.8 Å². The highest BCUT2D eigenvalue weighted by Gasteiger charge is 2.40. The molecule has 0 saturated carbocycles. The van der Waals surface area contributed by atoms with Crippen molar-refractivity contribution < 1.29 is 9.18 Å². The summed E-state index contributed by atoms with van der Waals surface area (Å²) in [7, 11) is 0. The number of hydrogen-bond acceptors (Lipinski definition) is 4. The van der Waals surface area contributed by atoms with E-state index < -0.39 is 23.0 Å². The van der Waals surface area contributed by atoms with Crippen LogP contribution in [0.5, 0.6) is 0 Å². The number of carbonyl (C=O) groups is 1. The highest BCUT2D eigenvalue weighted by Crippen LogP contribution is 2.41. The molecule has 3 aromatic rings. The molecule has 0 amide bonds. The Morgan fingerprint density at radius 3 is 2.57 bits per heavy atom. The first-order chi connectivity index (χ1) is 13.5. The summed E-state index contributed by atoms with van der Waals surface area (Å²) < 4.78 is 16.5. The van der Waals surface area contributed by atoms with E-state index in [2.05, 4.69) is 0 Å². The maximum atomic E-state index is 13.9. The lowest BCUT2D eigenvalue weighted by molar-refractivity contribution is -0.116. The first-order valence-corrected chi connectivity index (χ1v) is 9.07. The van der Waals surface area contributed by atoms with Crippen molar-refractivity contribution in [1.29, 1.82) is 0 Å². The molecule has 0 bridgehead atoms. The Balaban J connectivity index is 1.96. The van der Waals surface area contributed by atoms with Gasteiger partial charge in [-0.05, 0) is 42.7 Å². The van der Waals surface area contributed by atoms with Gasteiger partial charge < -0.3 is 5.73 Å². The van der Waals surface area contributed by atoms with Crippen LogP contribution in [-0.4, -0.2) is 15.1 Å². The highest BCUT2D eigenvalue weighted by molar-refractivity contribution is 6.04. The first-order valence-electron chi connectivity index (χ1n) is 9.07. The number of hydrogen-bond donors (Lipinski definition) is 1. The maximum Gasteiger partial charge on any atom is 0.279 e. The van der Waals surface area contributed by atoms with E-state index >= 15 is 0 Å². The number of fused-ring (bicyclic) bond motifs is 3. The van der Waals surface area contributed by atoms with E-state index in [-0.39, 0.29) is 22.2 Å². The average Bonchev–Trinajstić information content (AvgIpc) is 3.03. The molecule has 1 atom stereocenters. The fourth-order valence-electron chi connectivity index (χ4n) is 4.37. The second-order valence-corrected chi connectivity index (χ2v) is 7.13. The molecule has 1 unspecified atom stereocenters. The third kappa shape index (κ3) is 2.10. The minimum Gasteiger partial charge on any atom is -0.398 e. The molecule has 2 N–H and O–H groups in total. The molecule has 2 aliphatic rings. The van der Waals surface area contributed by atoms with Crippen LogP contribution in [0.3, 0.4) is 0 Å². The van der Waals surface area contributed by atoms with Gasteiger partial charge in [-0.1, -0.05) is 18.2 Å². The number of nitrogens with zero attached hydrogens (tertiary/aromatic N) is 2. The normalized spacial score (nSPS) is 18.5. The van der Waals surface area contributed by atoms with E-state index in [0.29, 0.717) is 36.1 Å². The number of aromatic nitrogens is 2. The van der Waals surface area contributed by atoms with Gasteiger partial charge in [-0.3, -0.25) is 14.4 Å². The van der Waals surface area contributed by atoms with Crippen molar-refractivity contribution in [2.75, 3.05) is 5.73 Å². The Morgan fingerprint density at radius 1 is 1.00 bits per heavy atom. The smallest absolute Gasteiger partial charge is 0.279 e. The summed E-state index contributed by atoms with van der Waals surface area (Å²) in [6.07, 6.45) is 1.42. The van der Waals surface area contributed by atoms with Gasteiger partial charge in [0, 0.05) is 17.7 Å². The number of ketones is 1. The molecule has 1 aliphatic carbocycles. The van der Waals surface area contributed by atoms with Crippen LogP contribution in [0.4, 0.5) is 10.1 Å². The van der Waals surface area contributed by atoms with Crippen molar-refractivity contribution in [2.45, 2.75) is 25.3 Å². The summed E-state index contributed by atoms with van der Waals surface area (Å²) in [6.45, 7) is 0. The topological polar surface area (TPSA) is 87.1 Å². The number of allylic oxidation sites excluding steroid dienone is 2. The van der Waals surface area contributed by atoms with Crippen molar-refractivity contribution in [2.24, 2.45) is 0 Å². The number of Topliss-reactive ketones (excluding diaryl/α,β-unsaturated/α-hetero) is 1. The van der Waals surface area contributed by atoms with Crippen LogP contribution in [0.15, 0.2) is 57.6 Å². The van der Waals surface area contributed by atoms with Gasteiger partial charge in [0.2, 0.25) is 0 Å².